The number of aromatic nitrogens is 2. The van der Waals surface area contributed by atoms with Gasteiger partial charge in [0.2, 0.25) is 0 Å². The van der Waals surface area contributed by atoms with Gasteiger partial charge in [-0.3, -0.25) is 9.89 Å². The highest BCUT2D eigenvalue weighted by atomic mass is 79.9. The summed E-state index contributed by atoms with van der Waals surface area (Å²) in [7, 11) is 0. The third-order valence-corrected chi connectivity index (χ3v) is 5.78. The molecular weight excluding hydrogens is 398 g/mol. The maximum atomic E-state index is 13.1. The van der Waals surface area contributed by atoms with Gasteiger partial charge in [-0.15, -0.1) is 0 Å². The number of fused-ring (bicyclic) bond motifs is 1. The molecule has 1 saturated heterocycles. The number of halogens is 1. The molecule has 2 aromatic rings. The summed E-state index contributed by atoms with van der Waals surface area (Å²) in [6, 6.07) is 6.00. The van der Waals surface area contributed by atoms with Gasteiger partial charge in [-0.25, -0.2) is 0 Å². The van der Waals surface area contributed by atoms with Crippen LogP contribution in [0.1, 0.15) is 60.4 Å². The largest absolute Gasteiger partial charge is 0.486 e. The zero-order valence-electron chi connectivity index (χ0n) is 14.9. The van der Waals surface area contributed by atoms with Crippen molar-refractivity contribution in [1.29, 1.82) is 0 Å². The Kier molecular flexibility index (Phi) is 4.65. The molecule has 1 amide bonds. The van der Waals surface area contributed by atoms with Crippen LogP contribution in [0.2, 0.25) is 0 Å². The van der Waals surface area contributed by atoms with Crippen molar-refractivity contribution in [3.63, 3.8) is 0 Å². The fourth-order valence-corrected chi connectivity index (χ4v) is 4.43. The normalized spacial score (nSPS) is 19.2. The molecular formula is C19H22BrN3O3. The van der Waals surface area contributed by atoms with Crippen molar-refractivity contribution in [1.82, 2.24) is 15.1 Å². The van der Waals surface area contributed by atoms with E-state index in [-0.39, 0.29) is 17.9 Å². The van der Waals surface area contributed by atoms with E-state index < -0.39 is 0 Å². The van der Waals surface area contributed by atoms with Gasteiger partial charge in [-0.1, -0.05) is 19.9 Å². The van der Waals surface area contributed by atoms with E-state index in [4.69, 9.17) is 9.47 Å². The molecule has 2 aliphatic rings. The molecule has 1 aromatic heterocycles. The second kappa shape index (κ2) is 6.95. The first kappa shape index (κ1) is 17.4. The number of nitrogens with one attached hydrogen (secondary N) is 1. The number of carbonyl (C=O) groups is 1. The molecule has 1 N–H and O–H groups in total. The molecule has 7 heteroatoms. The van der Waals surface area contributed by atoms with Gasteiger partial charge in [0.25, 0.3) is 5.91 Å². The number of likely N-dealkylation sites (tertiary alicyclic amines) is 1. The van der Waals surface area contributed by atoms with Crippen molar-refractivity contribution < 1.29 is 14.3 Å². The van der Waals surface area contributed by atoms with Gasteiger partial charge in [0.1, 0.15) is 13.2 Å². The molecule has 3 heterocycles. The van der Waals surface area contributed by atoms with Crippen LogP contribution in [0.4, 0.5) is 0 Å². The number of hydrogen-bond acceptors (Lipinski definition) is 4. The average Bonchev–Trinajstić information content (AvgIpc) is 3.27. The van der Waals surface area contributed by atoms with E-state index in [1.165, 1.54) is 0 Å². The van der Waals surface area contributed by atoms with Crippen LogP contribution in [0.25, 0.3) is 0 Å². The van der Waals surface area contributed by atoms with Crippen molar-refractivity contribution in [2.24, 2.45) is 0 Å². The molecule has 0 spiro atoms. The molecule has 1 atom stereocenters. The number of hydrogen-bond donors (Lipinski definition) is 1. The minimum Gasteiger partial charge on any atom is -0.486 e. The highest BCUT2D eigenvalue weighted by molar-refractivity contribution is 9.10. The van der Waals surface area contributed by atoms with Crippen LogP contribution in [0, 0.1) is 0 Å². The first-order valence-corrected chi connectivity index (χ1v) is 9.80. The standard InChI is InChI=1S/C19H22BrN3O3/c1-11(2)17-16(20)18(22-21-17)19(24)23-7-3-4-13(23)12-5-6-14-15(10-12)26-9-8-25-14/h5-6,10-11,13H,3-4,7-9H2,1-2H3,(H,21,22). The molecule has 0 saturated carbocycles. The second-order valence-electron chi connectivity index (χ2n) is 7.01. The van der Waals surface area contributed by atoms with E-state index in [9.17, 15) is 4.79 Å². The zero-order chi connectivity index (χ0) is 18.3. The third kappa shape index (κ3) is 2.98. The lowest BCUT2D eigenvalue weighted by Crippen LogP contribution is -2.31. The molecule has 1 fully saturated rings. The molecule has 0 bridgehead atoms. The number of aromatic amines is 1. The quantitative estimate of drug-likeness (QED) is 0.814. The first-order valence-electron chi connectivity index (χ1n) is 9.00. The third-order valence-electron chi connectivity index (χ3n) is 4.98. The van der Waals surface area contributed by atoms with Crippen molar-refractivity contribution in [3.8, 4) is 11.5 Å². The summed E-state index contributed by atoms with van der Waals surface area (Å²) in [5, 5.41) is 7.26. The predicted octanol–water partition coefficient (Wildman–Crippen LogP) is 4.04. The van der Waals surface area contributed by atoms with Crippen molar-refractivity contribution in [2.75, 3.05) is 19.8 Å². The summed E-state index contributed by atoms with van der Waals surface area (Å²) in [5.74, 6) is 1.76. The van der Waals surface area contributed by atoms with Crippen LogP contribution in [-0.2, 0) is 0 Å². The predicted molar refractivity (Wildman–Crippen MR) is 101 cm³/mol. The van der Waals surface area contributed by atoms with E-state index in [0.717, 1.165) is 46.6 Å². The minimum atomic E-state index is -0.0441. The molecule has 138 valence electrons. The van der Waals surface area contributed by atoms with Crippen LogP contribution < -0.4 is 9.47 Å². The van der Waals surface area contributed by atoms with E-state index in [1.807, 2.05) is 23.1 Å². The fraction of sp³-hybridized carbons (Fsp3) is 0.474. The highest BCUT2D eigenvalue weighted by Gasteiger charge is 2.34. The van der Waals surface area contributed by atoms with Crippen LogP contribution in [0.15, 0.2) is 22.7 Å². The Hall–Kier alpha value is -2.02. The Morgan fingerprint density at radius 2 is 2.08 bits per heavy atom. The van der Waals surface area contributed by atoms with Gasteiger partial charge in [0.15, 0.2) is 17.2 Å². The van der Waals surface area contributed by atoms with Gasteiger partial charge >= 0.3 is 0 Å². The molecule has 1 aromatic carbocycles. The molecule has 0 radical (unpaired) electrons. The Bertz CT molecular complexity index is 833. The topological polar surface area (TPSA) is 67.5 Å². The average molecular weight is 420 g/mol. The first-order chi connectivity index (χ1) is 12.6. The molecule has 26 heavy (non-hydrogen) atoms. The Morgan fingerprint density at radius 1 is 1.31 bits per heavy atom. The lowest BCUT2D eigenvalue weighted by Gasteiger charge is -2.26. The maximum absolute atomic E-state index is 13.1. The summed E-state index contributed by atoms with van der Waals surface area (Å²) >= 11 is 3.55. The Labute approximate surface area is 161 Å². The van der Waals surface area contributed by atoms with Crippen LogP contribution in [-0.4, -0.2) is 40.8 Å². The van der Waals surface area contributed by atoms with E-state index in [2.05, 4.69) is 40.0 Å². The molecule has 2 aliphatic heterocycles. The number of carbonyl (C=O) groups excluding carboxylic acids is 1. The van der Waals surface area contributed by atoms with Gasteiger partial charge in [-0.2, -0.15) is 5.10 Å². The highest BCUT2D eigenvalue weighted by Crippen LogP contribution is 2.39. The van der Waals surface area contributed by atoms with Crippen molar-refractivity contribution in [3.05, 3.63) is 39.6 Å². The fourth-order valence-electron chi connectivity index (χ4n) is 3.63. The Morgan fingerprint density at radius 3 is 2.81 bits per heavy atom. The van der Waals surface area contributed by atoms with Crippen molar-refractivity contribution >= 4 is 21.8 Å². The summed E-state index contributed by atoms with van der Waals surface area (Å²) < 4.78 is 12.1. The lowest BCUT2D eigenvalue weighted by atomic mass is 10.0. The van der Waals surface area contributed by atoms with Crippen molar-refractivity contribution in [2.45, 2.75) is 38.6 Å². The number of benzene rings is 1. The smallest absolute Gasteiger partial charge is 0.276 e. The van der Waals surface area contributed by atoms with Gasteiger partial charge < -0.3 is 14.4 Å². The molecule has 4 rings (SSSR count). The Balaban J connectivity index is 1.61. The maximum Gasteiger partial charge on any atom is 0.276 e. The van der Waals surface area contributed by atoms with E-state index in [1.54, 1.807) is 0 Å². The number of ether oxygens (including phenoxy) is 2. The van der Waals surface area contributed by atoms with Gasteiger partial charge in [0.05, 0.1) is 16.2 Å². The van der Waals surface area contributed by atoms with Crippen LogP contribution in [0.5, 0.6) is 11.5 Å². The van der Waals surface area contributed by atoms with E-state index in [0.29, 0.717) is 18.9 Å². The molecule has 1 unspecified atom stereocenters. The van der Waals surface area contributed by atoms with Crippen LogP contribution in [0.3, 0.4) is 0 Å². The summed E-state index contributed by atoms with van der Waals surface area (Å²) in [5.41, 5.74) is 2.48. The molecule has 0 aliphatic carbocycles. The van der Waals surface area contributed by atoms with E-state index >= 15 is 0 Å². The zero-order valence-corrected chi connectivity index (χ0v) is 16.5. The number of rotatable bonds is 3. The van der Waals surface area contributed by atoms with Gasteiger partial charge in [0, 0.05) is 6.54 Å². The lowest BCUT2D eigenvalue weighted by molar-refractivity contribution is 0.0728. The molecule has 6 nitrogen and oxygen atoms in total. The number of amides is 1. The second-order valence-corrected chi connectivity index (χ2v) is 7.81. The van der Waals surface area contributed by atoms with Crippen LogP contribution >= 0.6 is 15.9 Å². The minimum absolute atomic E-state index is 0.0319. The number of H-pyrrole nitrogens is 1. The number of nitrogens with zero attached hydrogens (tertiary/aromatic N) is 2. The van der Waals surface area contributed by atoms with Gasteiger partial charge in [-0.05, 0) is 52.4 Å². The monoisotopic (exact) mass is 419 g/mol. The SMILES string of the molecule is CC(C)c1[nH]nc(C(=O)N2CCCC2c2ccc3c(c2)OCCO3)c1Br. The summed E-state index contributed by atoms with van der Waals surface area (Å²) in [4.78, 5) is 15.0. The summed E-state index contributed by atoms with van der Waals surface area (Å²) in [6.45, 7) is 6.00. The summed E-state index contributed by atoms with van der Waals surface area (Å²) in [6.07, 6.45) is 1.91.